The highest BCUT2D eigenvalue weighted by atomic mass is 32.1. The average molecular weight is 264 g/mol. The van der Waals surface area contributed by atoms with Gasteiger partial charge in [0.25, 0.3) is 5.69 Å². The van der Waals surface area contributed by atoms with Gasteiger partial charge in [-0.3, -0.25) is 15.5 Å². The normalized spacial score (nSPS) is 10.0. The van der Waals surface area contributed by atoms with Gasteiger partial charge in [-0.15, -0.1) is 6.58 Å². The van der Waals surface area contributed by atoms with Gasteiger partial charge in [-0.2, -0.15) is 5.10 Å². The lowest BCUT2D eigenvalue weighted by Gasteiger charge is -2.02. The van der Waals surface area contributed by atoms with Gasteiger partial charge in [0.15, 0.2) is 5.11 Å². The molecule has 94 valence electrons. The monoisotopic (exact) mass is 264 g/mol. The molecule has 0 aromatic heterocycles. The molecule has 0 saturated heterocycles. The summed E-state index contributed by atoms with van der Waals surface area (Å²) in [5.41, 5.74) is 3.39. The van der Waals surface area contributed by atoms with Crippen molar-refractivity contribution in [3.05, 3.63) is 52.6 Å². The molecule has 0 atom stereocenters. The number of nitrogens with one attached hydrogen (secondary N) is 2. The summed E-state index contributed by atoms with van der Waals surface area (Å²) in [6, 6.07) is 6.03. The Labute approximate surface area is 110 Å². The summed E-state index contributed by atoms with van der Waals surface area (Å²) >= 11 is 4.92. The topological polar surface area (TPSA) is 79.6 Å². The molecule has 0 heterocycles. The maximum atomic E-state index is 10.4. The fraction of sp³-hybridized carbons (Fsp3) is 0.0909. The van der Waals surface area contributed by atoms with E-state index in [1.165, 1.54) is 18.3 Å². The van der Waals surface area contributed by atoms with Crippen LogP contribution in [-0.2, 0) is 0 Å². The lowest BCUT2D eigenvalue weighted by Crippen LogP contribution is -2.31. The Kier molecular flexibility index (Phi) is 5.46. The van der Waals surface area contributed by atoms with Gasteiger partial charge < -0.3 is 5.32 Å². The van der Waals surface area contributed by atoms with Crippen LogP contribution in [0.5, 0.6) is 0 Å². The lowest BCUT2D eigenvalue weighted by molar-refractivity contribution is -0.384. The molecular formula is C11H12N4O2S. The smallest absolute Gasteiger partial charge is 0.269 e. The number of thiocarbonyl (C=S) groups is 1. The molecule has 0 aliphatic rings. The number of hydrogen-bond acceptors (Lipinski definition) is 4. The molecule has 6 nitrogen and oxygen atoms in total. The standard InChI is InChI=1S/C11H12N4O2S/c1-2-7-12-11(18)14-13-8-9-3-5-10(6-4-9)15(16)17/h2-6,8H,1,7H2,(H2,12,14,18)/b13-8-. The van der Waals surface area contributed by atoms with Crippen LogP contribution in [0.15, 0.2) is 42.0 Å². The predicted octanol–water partition coefficient (Wildman–Crippen LogP) is 1.58. The predicted molar refractivity (Wildman–Crippen MR) is 74.6 cm³/mol. The van der Waals surface area contributed by atoms with E-state index in [1.807, 2.05) is 0 Å². The summed E-state index contributed by atoms with van der Waals surface area (Å²) in [4.78, 5) is 9.99. The first-order valence-corrected chi connectivity index (χ1v) is 5.46. The third kappa shape index (κ3) is 4.71. The van der Waals surface area contributed by atoms with E-state index in [0.29, 0.717) is 11.7 Å². The molecule has 0 radical (unpaired) electrons. The quantitative estimate of drug-likeness (QED) is 0.277. The van der Waals surface area contributed by atoms with Crippen LogP contribution in [0.4, 0.5) is 5.69 Å². The van der Waals surface area contributed by atoms with Gasteiger partial charge in [0.2, 0.25) is 0 Å². The van der Waals surface area contributed by atoms with Crippen molar-refractivity contribution >= 4 is 29.2 Å². The first-order chi connectivity index (χ1) is 8.63. The zero-order valence-electron chi connectivity index (χ0n) is 9.50. The number of non-ortho nitro benzene ring substituents is 1. The van der Waals surface area contributed by atoms with E-state index >= 15 is 0 Å². The summed E-state index contributed by atoms with van der Waals surface area (Å²) in [5.74, 6) is 0. The molecule has 7 heteroatoms. The number of rotatable bonds is 5. The number of nitrogens with zero attached hydrogens (tertiary/aromatic N) is 2. The van der Waals surface area contributed by atoms with E-state index in [1.54, 1.807) is 18.2 Å². The fourth-order valence-corrected chi connectivity index (χ4v) is 1.19. The lowest BCUT2D eigenvalue weighted by atomic mass is 10.2. The third-order valence-corrected chi connectivity index (χ3v) is 2.13. The molecule has 0 aliphatic carbocycles. The molecule has 0 unspecified atom stereocenters. The number of hydrogen-bond donors (Lipinski definition) is 2. The largest absolute Gasteiger partial charge is 0.358 e. The minimum atomic E-state index is -0.451. The summed E-state index contributed by atoms with van der Waals surface area (Å²) in [6.07, 6.45) is 3.19. The Morgan fingerprint density at radius 3 is 2.72 bits per heavy atom. The third-order valence-electron chi connectivity index (χ3n) is 1.89. The Morgan fingerprint density at radius 2 is 2.17 bits per heavy atom. The van der Waals surface area contributed by atoms with Crippen molar-refractivity contribution in [3.8, 4) is 0 Å². The van der Waals surface area contributed by atoms with Crippen LogP contribution in [0.25, 0.3) is 0 Å². The maximum Gasteiger partial charge on any atom is 0.269 e. The van der Waals surface area contributed by atoms with E-state index in [9.17, 15) is 10.1 Å². The molecule has 0 fully saturated rings. The maximum absolute atomic E-state index is 10.4. The van der Waals surface area contributed by atoms with Crippen LogP contribution in [0.1, 0.15) is 5.56 Å². The van der Waals surface area contributed by atoms with E-state index in [2.05, 4.69) is 22.4 Å². The molecule has 2 N–H and O–H groups in total. The van der Waals surface area contributed by atoms with Crippen LogP contribution in [0.2, 0.25) is 0 Å². The number of benzene rings is 1. The molecule has 0 aliphatic heterocycles. The van der Waals surface area contributed by atoms with E-state index in [0.717, 1.165) is 5.56 Å². The summed E-state index contributed by atoms with van der Waals surface area (Å²) in [6.45, 7) is 4.09. The highest BCUT2D eigenvalue weighted by molar-refractivity contribution is 7.80. The first-order valence-electron chi connectivity index (χ1n) is 5.05. The fourth-order valence-electron chi connectivity index (χ4n) is 1.05. The van der Waals surface area contributed by atoms with Crippen LogP contribution >= 0.6 is 12.2 Å². The molecule has 1 rings (SSSR count). The summed E-state index contributed by atoms with van der Waals surface area (Å²) < 4.78 is 0. The van der Waals surface area contributed by atoms with Crippen molar-refractivity contribution in [1.82, 2.24) is 10.7 Å². The molecule has 1 aromatic rings. The van der Waals surface area contributed by atoms with E-state index in [-0.39, 0.29) is 5.69 Å². The van der Waals surface area contributed by atoms with Crippen molar-refractivity contribution in [3.63, 3.8) is 0 Å². The van der Waals surface area contributed by atoms with Gasteiger partial charge in [0, 0.05) is 18.7 Å². The molecular weight excluding hydrogens is 252 g/mol. The van der Waals surface area contributed by atoms with Gasteiger partial charge in [0.1, 0.15) is 0 Å². The van der Waals surface area contributed by atoms with Crippen LogP contribution < -0.4 is 10.7 Å². The van der Waals surface area contributed by atoms with Gasteiger partial charge in [-0.05, 0) is 29.9 Å². The molecule has 0 amide bonds. The Balaban J connectivity index is 2.49. The Hall–Kier alpha value is -2.28. The second-order valence-electron chi connectivity index (χ2n) is 3.22. The Morgan fingerprint density at radius 1 is 1.50 bits per heavy atom. The van der Waals surface area contributed by atoms with Gasteiger partial charge >= 0.3 is 0 Å². The van der Waals surface area contributed by atoms with Crippen LogP contribution in [0, 0.1) is 10.1 Å². The zero-order chi connectivity index (χ0) is 13.4. The van der Waals surface area contributed by atoms with Crippen molar-refractivity contribution in [2.75, 3.05) is 6.54 Å². The van der Waals surface area contributed by atoms with E-state index in [4.69, 9.17) is 12.2 Å². The van der Waals surface area contributed by atoms with Crippen LogP contribution in [-0.4, -0.2) is 22.8 Å². The second kappa shape index (κ2) is 7.13. The van der Waals surface area contributed by atoms with Crippen molar-refractivity contribution in [2.24, 2.45) is 5.10 Å². The summed E-state index contributed by atoms with van der Waals surface area (Å²) in [5, 5.41) is 17.6. The molecule has 0 saturated carbocycles. The number of hydrazone groups is 1. The van der Waals surface area contributed by atoms with Gasteiger partial charge in [0.05, 0.1) is 11.1 Å². The molecule has 1 aromatic carbocycles. The highest BCUT2D eigenvalue weighted by Gasteiger charge is 2.02. The molecule has 0 spiro atoms. The van der Waals surface area contributed by atoms with Gasteiger partial charge in [-0.25, -0.2) is 0 Å². The van der Waals surface area contributed by atoms with E-state index < -0.39 is 4.92 Å². The minimum Gasteiger partial charge on any atom is -0.358 e. The number of nitro benzene ring substituents is 1. The second-order valence-corrected chi connectivity index (χ2v) is 3.63. The average Bonchev–Trinajstić information content (AvgIpc) is 2.37. The summed E-state index contributed by atoms with van der Waals surface area (Å²) in [7, 11) is 0. The van der Waals surface area contributed by atoms with Crippen LogP contribution in [0.3, 0.4) is 0 Å². The highest BCUT2D eigenvalue weighted by Crippen LogP contribution is 2.10. The van der Waals surface area contributed by atoms with Crippen molar-refractivity contribution < 1.29 is 4.92 Å². The molecule has 18 heavy (non-hydrogen) atoms. The molecule has 0 bridgehead atoms. The Bertz CT molecular complexity index is 470. The minimum absolute atomic E-state index is 0.0447. The van der Waals surface area contributed by atoms with Crippen molar-refractivity contribution in [1.29, 1.82) is 0 Å². The first kappa shape index (κ1) is 13.8. The zero-order valence-corrected chi connectivity index (χ0v) is 10.3. The number of nitro groups is 1. The van der Waals surface area contributed by atoms with Crippen molar-refractivity contribution in [2.45, 2.75) is 0 Å². The SMILES string of the molecule is C=CCNC(=S)N/N=C\c1ccc([N+](=O)[O-])cc1. The van der Waals surface area contributed by atoms with Gasteiger partial charge in [-0.1, -0.05) is 6.08 Å².